The van der Waals surface area contributed by atoms with Gasteiger partial charge in [-0.25, -0.2) is 9.97 Å². The number of nitrogens with zero attached hydrogens (tertiary/aromatic N) is 4. The molecule has 0 bridgehead atoms. The fourth-order valence-electron chi connectivity index (χ4n) is 4.43. The Morgan fingerprint density at radius 1 is 1.11 bits per heavy atom. The highest BCUT2D eigenvalue weighted by atomic mass is 15.2. The Kier molecular flexibility index (Phi) is 4.17. The highest BCUT2D eigenvalue weighted by Gasteiger charge is 2.23. The summed E-state index contributed by atoms with van der Waals surface area (Å²) in [7, 11) is 0. The topological polar surface area (TPSA) is 49.2 Å². The molecule has 4 aromatic rings. The van der Waals surface area contributed by atoms with E-state index in [2.05, 4.69) is 63.8 Å². The number of aromatic nitrogens is 4. The minimum atomic E-state index is 0.647. The first-order chi connectivity index (χ1) is 13.3. The number of piperidine rings is 1. The molecule has 5 heteroatoms. The van der Waals surface area contributed by atoms with Crippen molar-refractivity contribution < 1.29 is 0 Å². The maximum absolute atomic E-state index is 4.82. The number of benzene rings is 1. The first kappa shape index (κ1) is 16.5. The number of hydrogen-bond acceptors (Lipinski definition) is 3. The summed E-state index contributed by atoms with van der Waals surface area (Å²) >= 11 is 0. The van der Waals surface area contributed by atoms with Gasteiger partial charge in [-0.05, 0) is 56.5 Å². The van der Waals surface area contributed by atoms with E-state index in [1.807, 2.05) is 6.07 Å². The van der Waals surface area contributed by atoms with Crippen molar-refractivity contribution in [2.45, 2.75) is 32.7 Å². The molecule has 4 heterocycles. The van der Waals surface area contributed by atoms with E-state index >= 15 is 0 Å². The highest BCUT2D eigenvalue weighted by Crippen LogP contribution is 2.23. The lowest BCUT2D eigenvalue weighted by molar-refractivity contribution is 0.165. The normalized spacial score (nSPS) is 18.5. The Balaban J connectivity index is 1.30. The van der Waals surface area contributed by atoms with E-state index in [9.17, 15) is 0 Å². The van der Waals surface area contributed by atoms with Gasteiger partial charge in [-0.3, -0.25) is 4.90 Å². The highest BCUT2D eigenvalue weighted by molar-refractivity contribution is 5.74. The second kappa shape index (κ2) is 6.82. The Morgan fingerprint density at radius 3 is 2.93 bits per heavy atom. The number of likely N-dealkylation sites (tertiary alicyclic amines) is 1. The summed E-state index contributed by atoms with van der Waals surface area (Å²) in [6.45, 7) is 5.28. The SMILES string of the molecule is Cc1nc(CN2CCCC(Cc3nc4ccccc4[nH]3)C2)c2ccccn12. The Labute approximate surface area is 159 Å². The van der Waals surface area contributed by atoms with Crippen LogP contribution in [0.25, 0.3) is 16.6 Å². The molecule has 0 amide bonds. The minimum Gasteiger partial charge on any atom is -0.342 e. The predicted octanol–water partition coefficient (Wildman–Crippen LogP) is 3.97. The van der Waals surface area contributed by atoms with Crippen LogP contribution in [0.2, 0.25) is 0 Å². The van der Waals surface area contributed by atoms with E-state index in [1.54, 1.807) is 0 Å². The number of fused-ring (bicyclic) bond motifs is 2. The van der Waals surface area contributed by atoms with E-state index in [4.69, 9.17) is 9.97 Å². The summed E-state index contributed by atoms with van der Waals surface area (Å²) < 4.78 is 2.19. The molecule has 27 heavy (non-hydrogen) atoms. The molecule has 0 saturated carbocycles. The van der Waals surface area contributed by atoms with Gasteiger partial charge in [-0.2, -0.15) is 0 Å². The number of H-pyrrole nitrogens is 1. The van der Waals surface area contributed by atoms with Crippen molar-refractivity contribution in [2.24, 2.45) is 5.92 Å². The molecule has 1 fully saturated rings. The number of aryl methyl sites for hydroxylation is 1. The lowest BCUT2D eigenvalue weighted by Gasteiger charge is -2.32. The van der Waals surface area contributed by atoms with Crippen LogP contribution < -0.4 is 0 Å². The third-order valence-corrected chi connectivity index (χ3v) is 5.70. The van der Waals surface area contributed by atoms with Gasteiger partial charge in [-0.1, -0.05) is 18.2 Å². The van der Waals surface area contributed by atoms with Gasteiger partial charge in [-0.15, -0.1) is 0 Å². The van der Waals surface area contributed by atoms with Crippen LogP contribution in [-0.4, -0.2) is 37.3 Å². The Morgan fingerprint density at radius 2 is 2.00 bits per heavy atom. The quantitative estimate of drug-likeness (QED) is 0.600. The average molecular weight is 359 g/mol. The molecular weight excluding hydrogens is 334 g/mol. The molecule has 138 valence electrons. The lowest BCUT2D eigenvalue weighted by Crippen LogP contribution is -2.36. The van der Waals surface area contributed by atoms with Crippen LogP contribution in [0.3, 0.4) is 0 Å². The lowest BCUT2D eigenvalue weighted by atomic mass is 9.94. The molecular formula is C22H25N5. The third kappa shape index (κ3) is 3.23. The van der Waals surface area contributed by atoms with Gasteiger partial charge >= 0.3 is 0 Å². The summed E-state index contributed by atoms with van der Waals surface area (Å²) in [5.74, 6) is 2.83. The van der Waals surface area contributed by atoms with Gasteiger partial charge in [0, 0.05) is 25.7 Å². The van der Waals surface area contributed by atoms with Gasteiger partial charge in [0.15, 0.2) is 0 Å². The smallest absolute Gasteiger partial charge is 0.110 e. The summed E-state index contributed by atoms with van der Waals surface area (Å²) in [5, 5.41) is 0. The molecule has 1 N–H and O–H groups in total. The van der Waals surface area contributed by atoms with Crippen molar-refractivity contribution in [1.29, 1.82) is 0 Å². The second-order valence-corrected chi connectivity index (χ2v) is 7.71. The fourth-order valence-corrected chi connectivity index (χ4v) is 4.43. The molecule has 5 nitrogen and oxygen atoms in total. The molecule has 0 radical (unpaired) electrons. The van der Waals surface area contributed by atoms with Gasteiger partial charge < -0.3 is 9.38 Å². The zero-order chi connectivity index (χ0) is 18.2. The standard InChI is InChI=1S/C22H25N5/c1-16-23-20(21-10-4-5-12-27(16)21)15-26-11-6-7-17(14-26)13-22-24-18-8-2-3-9-19(18)25-22/h2-5,8-10,12,17H,6-7,11,13-15H2,1H3,(H,24,25). The molecule has 1 atom stereocenters. The van der Waals surface area contributed by atoms with Gasteiger partial charge in [0.1, 0.15) is 11.6 Å². The molecule has 1 aromatic carbocycles. The van der Waals surface area contributed by atoms with Gasteiger partial charge in [0.2, 0.25) is 0 Å². The molecule has 3 aromatic heterocycles. The molecule has 1 unspecified atom stereocenters. The van der Waals surface area contributed by atoms with Crippen molar-refractivity contribution in [1.82, 2.24) is 24.3 Å². The molecule has 1 aliphatic rings. The average Bonchev–Trinajstić information content (AvgIpc) is 3.23. The maximum atomic E-state index is 4.82. The largest absolute Gasteiger partial charge is 0.342 e. The van der Waals surface area contributed by atoms with Gasteiger partial charge in [0.05, 0.1) is 22.2 Å². The van der Waals surface area contributed by atoms with Crippen LogP contribution in [0, 0.1) is 12.8 Å². The summed E-state index contributed by atoms with van der Waals surface area (Å²) in [4.78, 5) is 15.6. The number of pyridine rings is 1. The van der Waals surface area contributed by atoms with Crippen molar-refractivity contribution in [2.75, 3.05) is 13.1 Å². The number of hydrogen-bond donors (Lipinski definition) is 1. The molecule has 1 saturated heterocycles. The summed E-state index contributed by atoms with van der Waals surface area (Å²) in [6.07, 6.45) is 5.64. The van der Waals surface area contributed by atoms with Crippen molar-refractivity contribution >= 4 is 16.6 Å². The van der Waals surface area contributed by atoms with Gasteiger partial charge in [0.25, 0.3) is 0 Å². The fraction of sp³-hybridized carbons (Fsp3) is 0.364. The zero-order valence-electron chi connectivity index (χ0n) is 15.7. The molecule has 5 rings (SSSR count). The monoisotopic (exact) mass is 359 g/mol. The van der Waals surface area contributed by atoms with Crippen LogP contribution in [-0.2, 0) is 13.0 Å². The minimum absolute atomic E-state index is 0.647. The van der Waals surface area contributed by atoms with Crippen molar-refractivity contribution in [3.8, 4) is 0 Å². The summed E-state index contributed by atoms with van der Waals surface area (Å²) in [5.41, 5.74) is 4.63. The second-order valence-electron chi connectivity index (χ2n) is 7.71. The Bertz CT molecular complexity index is 1040. The number of rotatable bonds is 4. The first-order valence-corrected chi connectivity index (χ1v) is 9.85. The number of aromatic amines is 1. The van der Waals surface area contributed by atoms with Crippen LogP contribution in [0.1, 0.15) is 30.2 Å². The summed E-state index contributed by atoms with van der Waals surface area (Å²) in [6, 6.07) is 14.6. The maximum Gasteiger partial charge on any atom is 0.110 e. The molecule has 0 spiro atoms. The first-order valence-electron chi connectivity index (χ1n) is 9.85. The zero-order valence-corrected chi connectivity index (χ0v) is 15.7. The van der Waals surface area contributed by atoms with Crippen LogP contribution in [0.15, 0.2) is 48.7 Å². The van der Waals surface area contributed by atoms with E-state index in [-0.39, 0.29) is 0 Å². The number of nitrogens with one attached hydrogen (secondary N) is 1. The molecule has 0 aliphatic carbocycles. The number of imidazole rings is 2. The van der Waals surface area contributed by atoms with Crippen LogP contribution in [0.4, 0.5) is 0 Å². The van der Waals surface area contributed by atoms with E-state index in [1.165, 1.54) is 24.1 Å². The van der Waals surface area contributed by atoms with E-state index in [0.29, 0.717) is 5.92 Å². The van der Waals surface area contributed by atoms with Crippen molar-refractivity contribution in [3.63, 3.8) is 0 Å². The number of para-hydroxylation sites is 2. The Hall–Kier alpha value is -2.66. The molecule has 1 aliphatic heterocycles. The van der Waals surface area contributed by atoms with Crippen LogP contribution in [0.5, 0.6) is 0 Å². The predicted molar refractivity (Wildman–Crippen MR) is 108 cm³/mol. The van der Waals surface area contributed by atoms with Crippen molar-refractivity contribution in [3.05, 3.63) is 66.0 Å². The van der Waals surface area contributed by atoms with E-state index < -0.39 is 0 Å². The third-order valence-electron chi connectivity index (χ3n) is 5.70. The van der Waals surface area contributed by atoms with E-state index in [0.717, 1.165) is 48.7 Å². The van der Waals surface area contributed by atoms with Crippen LogP contribution >= 0.6 is 0 Å².